The molecule has 0 amide bonds. The van der Waals surface area contributed by atoms with Crippen molar-refractivity contribution in [1.29, 1.82) is 0 Å². The van der Waals surface area contributed by atoms with E-state index in [2.05, 4.69) is 4.98 Å². The Morgan fingerprint density at radius 1 is 1.00 bits per heavy atom. The van der Waals surface area contributed by atoms with Gasteiger partial charge in [-0.05, 0) is 55.0 Å². The van der Waals surface area contributed by atoms with Crippen molar-refractivity contribution < 1.29 is 19.4 Å². The highest BCUT2D eigenvalue weighted by Crippen LogP contribution is 2.27. The Balaban J connectivity index is 1.54. The SMILES string of the molecule is Cc1cccc(Oc2ccc3nc(COc4cccc(C(=O)O)c4)n(C)c3c2)c1. The quantitative estimate of drug-likeness (QED) is 0.506. The molecule has 0 aliphatic carbocycles. The fraction of sp³-hybridized carbons (Fsp3) is 0.130. The molecule has 0 aliphatic heterocycles. The number of carboxylic acids is 1. The number of nitrogens with zero attached hydrogens (tertiary/aromatic N) is 2. The third-order valence-electron chi connectivity index (χ3n) is 4.62. The maximum Gasteiger partial charge on any atom is 0.335 e. The molecule has 0 saturated carbocycles. The Morgan fingerprint density at radius 2 is 1.76 bits per heavy atom. The molecular formula is C23H20N2O4. The second-order valence-corrected chi connectivity index (χ2v) is 6.78. The van der Waals surface area contributed by atoms with Crippen molar-refractivity contribution in [3.63, 3.8) is 0 Å². The zero-order chi connectivity index (χ0) is 20.4. The number of aromatic carboxylic acids is 1. The topological polar surface area (TPSA) is 73.6 Å². The van der Waals surface area contributed by atoms with Crippen LogP contribution >= 0.6 is 0 Å². The lowest BCUT2D eigenvalue weighted by molar-refractivity contribution is 0.0696. The molecule has 0 atom stereocenters. The summed E-state index contributed by atoms with van der Waals surface area (Å²) < 4.78 is 13.7. The Hall–Kier alpha value is -3.80. The summed E-state index contributed by atoms with van der Waals surface area (Å²) in [6.07, 6.45) is 0. The molecular weight excluding hydrogens is 368 g/mol. The Bertz CT molecular complexity index is 1200. The van der Waals surface area contributed by atoms with Crippen molar-refractivity contribution in [2.24, 2.45) is 7.05 Å². The maximum atomic E-state index is 11.1. The predicted molar refractivity (Wildman–Crippen MR) is 110 cm³/mol. The summed E-state index contributed by atoms with van der Waals surface area (Å²) in [5.41, 5.74) is 3.08. The number of rotatable bonds is 6. The molecule has 1 heterocycles. The number of hydrogen-bond acceptors (Lipinski definition) is 4. The molecule has 3 aromatic carbocycles. The lowest BCUT2D eigenvalue weighted by Crippen LogP contribution is -2.04. The summed E-state index contributed by atoms with van der Waals surface area (Å²) in [5.74, 6) is 1.74. The van der Waals surface area contributed by atoms with Gasteiger partial charge in [0.25, 0.3) is 0 Å². The van der Waals surface area contributed by atoms with Crippen LogP contribution in [0.3, 0.4) is 0 Å². The lowest BCUT2D eigenvalue weighted by atomic mass is 10.2. The minimum absolute atomic E-state index is 0.186. The molecule has 1 aromatic heterocycles. The third-order valence-corrected chi connectivity index (χ3v) is 4.62. The van der Waals surface area contributed by atoms with E-state index in [9.17, 15) is 4.79 Å². The minimum Gasteiger partial charge on any atom is -0.486 e. The lowest BCUT2D eigenvalue weighted by Gasteiger charge is -2.08. The van der Waals surface area contributed by atoms with E-state index < -0.39 is 5.97 Å². The van der Waals surface area contributed by atoms with Crippen molar-refractivity contribution in [3.05, 3.63) is 83.7 Å². The zero-order valence-corrected chi connectivity index (χ0v) is 16.1. The van der Waals surface area contributed by atoms with Gasteiger partial charge < -0.3 is 19.1 Å². The van der Waals surface area contributed by atoms with Crippen LogP contribution in [-0.2, 0) is 13.7 Å². The first-order valence-corrected chi connectivity index (χ1v) is 9.15. The molecule has 0 fully saturated rings. The van der Waals surface area contributed by atoms with Gasteiger partial charge in [0.2, 0.25) is 0 Å². The second kappa shape index (κ2) is 7.67. The molecule has 0 radical (unpaired) electrons. The van der Waals surface area contributed by atoms with Crippen molar-refractivity contribution in [1.82, 2.24) is 9.55 Å². The molecule has 0 saturated heterocycles. The van der Waals surface area contributed by atoms with E-state index in [1.807, 2.05) is 61.0 Å². The number of benzene rings is 3. The number of hydrogen-bond donors (Lipinski definition) is 1. The van der Waals surface area contributed by atoms with E-state index in [1.54, 1.807) is 12.1 Å². The van der Waals surface area contributed by atoms with Crippen LogP contribution in [0.25, 0.3) is 11.0 Å². The summed E-state index contributed by atoms with van der Waals surface area (Å²) in [6.45, 7) is 2.25. The fourth-order valence-electron chi connectivity index (χ4n) is 3.09. The fourth-order valence-corrected chi connectivity index (χ4v) is 3.09. The van der Waals surface area contributed by atoms with E-state index in [0.29, 0.717) is 5.75 Å². The molecule has 4 rings (SSSR count). The highest BCUT2D eigenvalue weighted by atomic mass is 16.5. The van der Waals surface area contributed by atoms with Gasteiger partial charge in [0.05, 0.1) is 16.6 Å². The minimum atomic E-state index is -0.987. The number of carbonyl (C=O) groups is 1. The molecule has 6 nitrogen and oxygen atoms in total. The molecule has 0 unspecified atom stereocenters. The highest BCUT2D eigenvalue weighted by Gasteiger charge is 2.11. The number of carboxylic acid groups (broad SMARTS) is 1. The number of fused-ring (bicyclic) bond motifs is 1. The van der Waals surface area contributed by atoms with E-state index in [-0.39, 0.29) is 12.2 Å². The average Bonchev–Trinajstić information content (AvgIpc) is 3.02. The monoisotopic (exact) mass is 388 g/mol. The van der Waals surface area contributed by atoms with E-state index in [4.69, 9.17) is 14.6 Å². The highest BCUT2D eigenvalue weighted by molar-refractivity contribution is 5.88. The number of imidazole rings is 1. The van der Waals surface area contributed by atoms with Gasteiger partial charge >= 0.3 is 5.97 Å². The van der Waals surface area contributed by atoms with Crippen LogP contribution in [-0.4, -0.2) is 20.6 Å². The summed E-state index contributed by atoms with van der Waals surface area (Å²) in [7, 11) is 1.91. The molecule has 0 spiro atoms. The molecule has 4 aromatic rings. The van der Waals surface area contributed by atoms with Gasteiger partial charge in [-0.25, -0.2) is 9.78 Å². The Kier molecular flexibility index (Phi) is 4.91. The summed E-state index contributed by atoms with van der Waals surface area (Å²) in [4.78, 5) is 15.7. The van der Waals surface area contributed by atoms with Crippen LogP contribution in [0, 0.1) is 6.92 Å². The van der Waals surface area contributed by atoms with Crippen molar-refractivity contribution in [2.75, 3.05) is 0 Å². The van der Waals surface area contributed by atoms with Crippen molar-refractivity contribution >= 4 is 17.0 Å². The Morgan fingerprint density at radius 3 is 2.55 bits per heavy atom. The van der Waals surface area contributed by atoms with Crippen LogP contribution in [0.4, 0.5) is 0 Å². The van der Waals surface area contributed by atoms with Gasteiger partial charge in [-0.3, -0.25) is 0 Å². The van der Waals surface area contributed by atoms with Gasteiger partial charge in [0.15, 0.2) is 0 Å². The predicted octanol–water partition coefficient (Wildman–Crippen LogP) is 4.95. The van der Waals surface area contributed by atoms with Gasteiger partial charge in [-0.15, -0.1) is 0 Å². The third kappa shape index (κ3) is 4.06. The maximum absolute atomic E-state index is 11.1. The first-order valence-electron chi connectivity index (χ1n) is 9.15. The van der Waals surface area contributed by atoms with Crippen molar-refractivity contribution in [2.45, 2.75) is 13.5 Å². The normalized spacial score (nSPS) is 10.8. The average molecular weight is 388 g/mol. The standard InChI is InChI=1S/C23H20N2O4/c1-15-5-3-8-18(11-15)29-19-9-10-20-21(13-19)25(2)22(24-20)14-28-17-7-4-6-16(12-17)23(26)27/h3-13H,14H2,1-2H3,(H,26,27). The molecule has 1 N–H and O–H groups in total. The van der Waals surface area contributed by atoms with Gasteiger partial charge in [0, 0.05) is 13.1 Å². The summed E-state index contributed by atoms with van der Waals surface area (Å²) in [5, 5.41) is 9.10. The van der Waals surface area contributed by atoms with Gasteiger partial charge in [-0.1, -0.05) is 18.2 Å². The smallest absolute Gasteiger partial charge is 0.335 e. The van der Waals surface area contributed by atoms with Crippen LogP contribution in [0.2, 0.25) is 0 Å². The van der Waals surface area contributed by atoms with E-state index >= 15 is 0 Å². The molecule has 0 bridgehead atoms. The van der Waals surface area contributed by atoms with E-state index in [0.717, 1.165) is 33.9 Å². The zero-order valence-electron chi connectivity index (χ0n) is 16.1. The van der Waals surface area contributed by atoms with Crippen LogP contribution in [0.5, 0.6) is 17.2 Å². The second-order valence-electron chi connectivity index (χ2n) is 6.78. The van der Waals surface area contributed by atoms with Gasteiger partial charge in [0.1, 0.15) is 29.7 Å². The summed E-state index contributed by atoms with van der Waals surface area (Å²) >= 11 is 0. The van der Waals surface area contributed by atoms with E-state index in [1.165, 1.54) is 12.1 Å². The molecule has 0 aliphatic rings. The van der Waals surface area contributed by atoms with Crippen LogP contribution in [0.1, 0.15) is 21.7 Å². The van der Waals surface area contributed by atoms with Gasteiger partial charge in [-0.2, -0.15) is 0 Å². The number of aryl methyl sites for hydroxylation is 2. The molecule has 6 heteroatoms. The largest absolute Gasteiger partial charge is 0.486 e. The first kappa shape index (κ1) is 18.6. The summed E-state index contributed by atoms with van der Waals surface area (Å²) in [6, 6.07) is 20.0. The van der Waals surface area contributed by atoms with Crippen molar-refractivity contribution in [3.8, 4) is 17.2 Å². The number of ether oxygens (including phenoxy) is 2. The Labute approximate surface area is 168 Å². The molecule has 146 valence electrons. The number of aromatic nitrogens is 2. The van der Waals surface area contributed by atoms with Crippen LogP contribution < -0.4 is 9.47 Å². The molecule has 29 heavy (non-hydrogen) atoms. The first-order chi connectivity index (χ1) is 14.0. The van der Waals surface area contributed by atoms with Crippen LogP contribution in [0.15, 0.2) is 66.7 Å².